The second-order valence-electron chi connectivity index (χ2n) is 4.86. The lowest BCUT2D eigenvalue weighted by Crippen LogP contribution is -2.52. The highest BCUT2D eigenvalue weighted by atomic mass is 35.5. The Bertz CT molecular complexity index is 606. The molecule has 0 saturated carbocycles. The monoisotopic (exact) mass is 344 g/mol. The first-order chi connectivity index (χ1) is 9.75. The van der Waals surface area contributed by atoms with E-state index in [1.54, 1.807) is 18.5 Å². The van der Waals surface area contributed by atoms with Crippen LogP contribution in [0.2, 0.25) is 0 Å². The van der Waals surface area contributed by atoms with Crippen molar-refractivity contribution >= 4 is 30.7 Å². The van der Waals surface area contributed by atoms with Crippen LogP contribution in [-0.2, 0) is 0 Å². The summed E-state index contributed by atoms with van der Waals surface area (Å²) in [6.45, 7) is 4.33. The summed E-state index contributed by atoms with van der Waals surface area (Å²) in [6.07, 6.45) is 3.36. The molecule has 120 valence electrons. The second kappa shape index (κ2) is 8.12. The van der Waals surface area contributed by atoms with Crippen molar-refractivity contribution < 1.29 is 9.32 Å². The third-order valence-electron chi connectivity index (χ3n) is 3.46. The fourth-order valence-corrected chi connectivity index (χ4v) is 2.32. The smallest absolute Gasteiger partial charge is 0.276 e. The average molecular weight is 345 g/mol. The third kappa shape index (κ3) is 3.76. The number of carbonyl (C=O) groups excluding carboxylic acids is 1. The van der Waals surface area contributed by atoms with Crippen LogP contribution < -0.4 is 5.32 Å². The molecule has 1 saturated heterocycles. The number of pyridine rings is 1. The van der Waals surface area contributed by atoms with E-state index in [0.29, 0.717) is 18.0 Å². The first kappa shape index (κ1) is 18.4. The Morgan fingerprint density at radius 3 is 2.77 bits per heavy atom. The van der Waals surface area contributed by atoms with Gasteiger partial charge < -0.3 is 14.7 Å². The first-order valence-electron chi connectivity index (χ1n) is 6.64. The maximum atomic E-state index is 12.4. The SMILES string of the molecule is CC1CNCCN1C(=O)c1cc(-c2ccncc2)on1.Cl.Cl. The normalized spacial score (nSPS) is 17.3. The van der Waals surface area contributed by atoms with Crippen LogP contribution in [0.15, 0.2) is 35.1 Å². The maximum Gasteiger partial charge on any atom is 0.276 e. The number of hydrogen-bond acceptors (Lipinski definition) is 5. The minimum absolute atomic E-state index is 0. The van der Waals surface area contributed by atoms with Gasteiger partial charge in [-0.3, -0.25) is 9.78 Å². The summed E-state index contributed by atoms with van der Waals surface area (Å²) >= 11 is 0. The Morgan fingerprint density at radius 2 is 2.09 bits per heavy atom. The van der Waals surface area contributed by atoms with E-state index in [4.69, 9.17) is 4.52 Å². The van der Waals surface area contributed by atoms with Gasteiger partial charge in [-0.2, -0.15) is 0 Å². The Balaban J connectivity index is 0.00000121. The summed E-state index contributed by atoms with van der Waals surface area (Å²) in [6, 6.07) is 5.49. The van der Waals surface area contributed by atoms with Crippen molar-refractivity contribution in [2.75, 3.05) is 19.6 Å². The Labute approximate surface area is 141 Å². The molecule has 8 heteroatoms. The van der Waals surface area contributed by atoms with Gasteiger partial charge in [0.25, 0.3) is 5.91 Å². The van der Waals surface area contributed by atoms with Crippen molar-refractivity contribution in [2.45, 2.75) is 13.0 Å². The molecular weight excluding hydrogens is 327 g/mol. The zero-order chi connectivity index (χ0) is 13.9. The summed E-state index contributed by atoms with van der Waals surface area (Å²) in [5.41, 5.74) is 1.21. The molecule has 1 N–H and O–H groups in total. The van der Waals surface area contributed by atoms with Crippen LogP contribution in [0.1, 0.15) is 17.4 Å². The van der Waals surface area contributed by atoms with Gasteiger partial charge in [-0.1, -0.05) is 5.16 Å². The van der Waals surface area contributed by atoms with Gasteiger partial charge in [0.05, 0.1) is 0 Å². The molecule has 22 heavy (non-hydrogen) atoms. The molecular formula is C14H18Cl2N4O2. The van der Waals surface area contributed by atoms with Gasteiger partial charge in [0.15, 0.2) is 11.5 Å². The molecule has 1 fully saturated rings. The Kier molecular flexibility index (Phi) is 6.80. The van der Waals surface area contributed by atoms with Crippen LogP contribution in [0, 0.1) is 0 Å². The zero-order valence-electron chi connectivity index (χ0n) is 12.1. The molecule has 0 radical (unpaired) electrons. The molecule has 3 rings (SSSR count). The van der Waals surface area contributed by atoms with Gasteiger partial charge in [-0.15, -0.1) is 24.8 Å². The molecule has 1 unspecified atom stereocenters. The molecule has 0 aromatic carbocycles. The lowest BCUT2D eigenvalue weighted by molar-refractivity contribution is 0.0645. The van der Waals surface area contributed by atoms with E-state index in [0.717, 1.165) is 18.7 Å². The van der Waals surface area contributed by atoms with E-state index in [9.17, 15) is 4.79 Å². The van der Waals surface area contributed by atoms with Crippen LogP contribution in [0.5, 0.6) is 0 Å². The number of nitrogens with one attached hydrogen (secondary N) is 1. The highest BCUT2D eigenvalue weighted by Crippen LogP contribution is 2.20. The molecule has 0 spiro atoms. The summed E-state index contributed by atoms with van der Waals surface area (Å²) in [5.74, 6) is 0.501. The number of rotatable bonds is 2. The topological polar surface area (TPSA) is 71.3 Å². The number of carbonyl (C=O) groups is 1. The Morgan fingerprint density at radius 1 is 1.36 bits per heavy atom. The zero-order valence-corrected chi connectivity index (χ0v) is 13.7. The second-order valence-corrected chi connectivity index (χ2v) is 4.86. The highest BCUT2D eigenvalue weighted by molar-refractivity contribution is 5.93. The summed E-state index contributed by atoms with van der Waals surface area (Å²) in [5, 5.41) is 7.15. The predicted molar refractivity (Wildman–Crippen MR) is 87.6 cm³/mol. The van der Waals surface area contributed by atoms with E-state index in [1.807, 2.05) is 24.0 Å². The molecule has 2 aromatic rings. The van der Waals surface area contributed by atoms with Crippen molar-refractivity contribution in [3.8, 4) is 11.3 Å². The molecule has 1 amide bonds. The minimum atomic E-state index is -0.0805. The first-order valence-corrected chi connectivity index (χ1v) is 6.64. The molecule has 2 aromatic heterocycles. The summed E-state index contributed by atoms with van der Waals surface area (Å²) < 4.78 is 5.26. The fraction of sp³-hybridized carbons (Fsp3) is 0.357. The van der Waals surface area contributed by atoms with E-state index < -0.39 is 0 Å². The number of amides is 1. The number of nitrogens with zero attached hydrogens (tertiary/aromatic N) is 3. The van der Waals surface area contributed by atoms with E-state index in [2.05, 4.69) is 15.5 Å². The lowest BCUT2D eigenvalue weighted by atomic mass is 10.1. The van der Waals surface area contributed by atoms with Crippen molar-refractivity contribution in [3.63, 3.8) is 0 Å². The molecule has 3 heterocycles. The van der Waals surface area contributed by atoms with E-state index in [1.165, 1.54) is 0 Å². The molecule has 0 aliphatic carbocycles. The van der Waals surface area contributed by atoms with Crippen LogP contribution in [0.25, 0.3) is 11.3 Å². The van der Waals surface area contributed by atoms with Crippen LogP contribution in [0.4, 0.5) is 0 Å². The maximum absolute atomic E-state index is 12.4. The molecule has 0 bridgehead atoms. The van der Waals surface area contributed by atoms with Gasteiger partial charge in [0, 0.05) is 49.7 Å². The van der Waals surface area contributed by atoms with Crippen molar-refractivity contribution in [3.05, 3.63) is 36.3 Å². The third-order valence-corrected chi connectivity index (χ3v) is 3.46. The predicted octanol–water partition coefficient (Wildman–Crippen LogP) is 2.01. The van der Waals surface area contributed by atoms with Gasteiger partial charge in [-0.25, -0.2) is 0 Å². The molecule has 1 aliphatic rings. The molecule has 1 aliphatic heterocycles. The summed E-state index contributed by atoms with van der Waals surface area (Å²) in [4.78, 5) is 18.2. The Hall–Kier alpha value is -1.63. The van der Waals surface area contributed by atoms with Crippen molar-refractivity contribution in [2.24, 2.45) is 0 Å². The highest BCUT2D eigenvalue weighted by Gasteiger charge is 2.26. The van der Waals surface area contributed by atoms with Crippen LogP contribution in [0.3, 0.4) is 0 Å². The number of halogens is 2. The van der Waals surface area contributed by atoms with E-state index in [-0.39, 0.29) is 36.8 Å². The van der Waals surface area contributed by atoms with Gasteiger partial charge >= 0.3 is 0 Å². The van der Waals surface area contributed by atoms with Crippen LogP contribution in [-0.4, -0.2) is 46.6 Å². The number of hydrogen-bond donors (Lipinski definition) is 1. The fourth-order valence-electron chi connectivity index (χ4n) is 2.32. The number of piperazine rings is 1. The van der Waals surface area contributed by atoms with Gasteiger partial charge in [0.2, 0.25) is 0 Å². The quantitative estimate of drug-likeness (QED) is 0.902. The van der Waals surface area contributed by atoms with Gasteiger partial charge in [0.1, 0.15) is 0 Å². The lowest BCUT2D eigenvalue weighted by Gasteiger charge is -2.33. The van der Waals surface area contributed by atoms with Crippen molar-refractivity contribution in [1.82, 2.24) is 20.4 Å². The summed E-state index contributed by atoms with van der Waals surface area (Å²) in [7, 11) is 0. The van der Waals surface area contributed by atoms with Gasteiger partial charge in [-0.05, 0) is 19.1 Å². The van der Waals surface area contributed by atoms with Crippen LogP contribution >= 0.6 is 24.8 Å². The molecule has 1 atom stereocenters. The standard InChI is InChI=1S/C14H16N4O2.2ClH/c1-10-9-16-6-7-18(10)14(19)12-8-13(20-17-12)11-2-4-15-5-3-11;;/h2-5,8,10,16H,6-7,9H2,1H3;2*1H. The largest absolute Gasteiger partial charge is 0.355 e. The number of aromatic nitrogens is 2. The van der Waals surface area contributed by atoms with E-state index >= 15 is 0 Å². The molecule has 6 nitrogen and oxygen atoms in total. The minimum Gasteiger partial charge on any atom is -0.355 e. The average Bonchev–Trinajstić information content (AvgIpc) is 2.98. The van der Waals surface area contributed by atoms with Crippen molar-refractivity contribution in [1.29, 1.82) is 0 Å².